The van der Waals surface area contributed by atoms with E-state index in [9.17, 15) is 0 Å². The summed E-state index contributed by atoms with van der Waals surface area (Å²) < 4.78 is 0. The molecule has 0 amide bonds. The predicted octanol–water partition coefficient (Wildman–Crippen LogP) is 3.33. The minimum atomic E-state index is 0.129. The standard InChI is InChI=1S/C15H19N3/c1-10-5-6-11(15(2,3)4)9-12(10)13-7-8-14(16)18-17-13/h5-9H,1-4H3,(H2,16,18). The molecule has 1 aromatic heterocycles. The monoisotopic (exact) mass is 241 g/mol. The second-order valence-corrected chi connectivity index (χ2v) is 5.62. The van der Waals surface area contributed by atoms with Crippen molar-refractivity contribution in [2.45, 2.75) is 33.1 Å². The lowest BCUT2D eigenvalue weighted by molar-refractivity contribution is 0.590. The van der Waals surface area contributed by atoms with Crippen LogP contribution >= 0.6 is 0 Å². The van der Waals surface area contributed by atoms with E-state index < -0.39 is 0 Å². The fraction of sp³-hybridized carbons (Fsp3) is 0.333. The van der Waals surface area contributed by atoms with Crippen molar-refractivity contribution in [2.75, 3.05) is 5.73 Å². The lowest BCUT2D eigenvalue weighted by Crippen LogP contribution is -2.11. The van der Waals surface area contributed by atoms with Crippen molar-refractivity contribution in [2.24, 2.45) is 0 Å². The van der Waals surface area contributed by atoms with Gasteiger partial charge in [0.25, 0.3) is 0 Å². The van der Waals surface area contributed by atoms with Crippen LogP contribution in [0.5, 0.6) is 0 Å². The molecule has 2 rings (SSSR count). The van der Waals surface area contributed by atoms with E-state index in [1.807, 2.05) is 6.07 Å². The Morgan fingerprint density at radius 1 is 1.00 bits per heavy atom. The molecule has 0 spiro atoms. The summed E-state index contributed by atoms with van der Waals surface area (Å²) in [6, 6.07) is 10.2. The van der Waals surface area contributed by atoms with Crippen LogP contribution in [-0.2, 0) is 5.41 Å². The highest BCUT2D eigenvalue weighted by molar-refractivity contribution is 5.65. The SMILES string of the molecule is Cc1ccc(C(C)(C)C)cc1-c1ccc(N)nn1. The molecule has 0 bridgehead atoms. The van der Waals surface area contributed by atoms with Gasteiger partial charge in [0, 0.05) is 5.56 Å². The van der Waals surface area contributed by atoms with E-state index >= 15 is 0 Å². The molecule has 1 heterocycles. The summed E-state index contributed by atoms with van der Waals surface area (Å²) in [5, 5.41) is 8.07. The van der Waals surface area contributed by atoms with E-state index in [0.29, 0.717) is 5.82 Å². The third-order valence-electron chi connectivity index (χ3n) is 3.06. The molecule has 0 radical (unpaired) electrons. The molecule has 0 saturated heterocycles. The van der Waals surface area contributed by atoms with Crippen LogP contribution in [0.25, 0.3) is 11.3 Å². The minimum Gasteiger partial charge on any atom is -0.382 e. The highest BCUT2D eigenvalue weighted by atomic mass is 15.1. The Labute approximate surface area is 108 Å². The Kier molecular flexibility index (Phi) is 3.07. The Morgan fingerprint density at radius 2 is 1.72 bits per heavy atom. The molecule has 0 atom stereocenters. The quantitative estimate of drug-likeness (QED) is 0.833. The second-order valence-electron chi connectivity index (χ2n) is 5.62. The van der Waals surface area contributed by atoms with Gasteiger partial charge in [0.05, 0.1) is 5.69 Å². The number of aryl methyl sites for hydroxylation is 1. The first-order valence-corrected chi connectivity index (χ1v) is 6.08. The van der Waals surface area contributed by atoms with Gasteiger partial charge in [-0.2, -0.15) is 0 Å². The van der Waals surface area contributed by atoms with E-state index in [1.165, 1.54) is 11.1 Å². The van der Waals surface area contributed by atoms with Crippen molar-refractivity contribution in [3.8, 4) is 11.3 Å². The molecule has 0 saturated carbocycles. The van der Waals surface area contributed by atoms with E-state index in [0.717, 1.165) is 11.3 Å². The lowest BCUT2D eigenvalue weighted by Gasteiger charge is -2.20. The molecule has 1 aromatic carbocycles. The molecule has 0 aliphatic heterocycles. The maximum absolute atomic E-state index is 5.57. The van der Waals surface area contributed by atoms with Gasteiger partial charge in [-0.05, 0) is 41.7 Å². The number of nitrogens with two attached hydrogens (primary N) is 1. The zero-order valence-electron chi connectivity index (χ0n) is 11.4. The van der Waals surface area contributed by atoms with E-state index in [-0.39, 0.29) is 5.41 Å². The van der Waals surface area contributed by atoms with Gasteiger partial charge in [-0.25, -0.2) is 0 Å². The molecule has 3 nitrogen and oxygen atoms in total. The van der Waals surface area contributed by atoms with Crippen LogP contribution < -0.4 is 5.73 Å². The molecular weight excluding hydrogens is 222 g/mol. The highest BCUT2D eigenvalue weighted by Crippen LogP contribution is 2.29. The first-order chi connectivity index (χ1) is 8.38. The average Bonchev–Trinajstić information content (AvgIpc) is 2.29. The van der Waals surface area contributed by atoms with Gasteiger partial charge in [-0.3, -0.25) is 0 Å². The molecule has 0 aliphatic carbocycles. The van der Waals surface area contributed by atoms with Gasteiger partial charge in [-0.1, -0.05) is 32.9 Å². The zero-order valence-corrected chi connectivity index (χ0v) is 11.4. The summed E-state index contributed by atoms with van der Waals surface area (Å²) in [4.78, 5) is 0. The highest BCUT2D eigenvalue weighted by Gasteiger charge is 2.15. The maximum atomic E-state index is 5.57. The number of nitrogens with zero attached hydrogens (tertiary/aromatic N) is 2. The molecule has 2 aromatic rings. The van der Waals surface area contributed by atoms with Crippen LogP contribution in [0.1, 0.15) is 31.9 Å². The normalized spacial score (nSPS) is 11.6. The van der Waals surface area contributed by atoms with Crippen molar-refractivity contribution in [1.29, 1.82) is 0 Å². The zero-order chi connectivity index (χ0) is 13.3. The van der Waals surface area contributed by atoms with Crippen LogP contribution in [0.4, 0.5) is 5.82 Å². The number of hydrogen-bond acceptors (Lipinski definition) is 3. The summed E-state index contributed by atoms with van der Waals surface area (Å²) >= 11 is 0. The third kappa shape index (κ3) is 2.50. The Balaban J connectivity index is 2.53. The van der Waals surface area contributed by atoms with Gasteiger partial charge < -0.3 is 5.73 Å². The number of benzene rings is 1. The van der Waals surface area contributed by atoms with Gasteiger partial charge in [0.2, 0.25) is 0 Å². The Bertz CT molecular complexity index is 551. The molecule has 3 heteroatoms. The summed E-state index contributed by atoms with van der Waals surface area (Å²) in [5.41, 5.74) is 10.2. The summed E-state index contributed by atoms with van der Waals surface area (Å²) in [6.07, 6.45) is 0. The van der Waals surface area contributed by atoms with E-state index in [4.69, 9.17) is 5.73 Å². The fourth-order valence-corrected chi connectivity index (χ4v) is 1.85. The fourth-order valence-electron chi connectivity index (χ4n) is 1.85. The van der Waals surface area contributed by atoms with Crippen molar-refractivity contribution in [3.05, 3.63) is 41.5 Å². The summed E-state index contributed by atoms with van der Waals surface area (Å²) in [7, 11) is 0. The van der Waals surface area contributed by atoms with Gasteiger partial charge >= 0.3 is 0 Å². The van der Waals surface area contributed by atoms with Gasteiger partial charge in [-0.15, -0.1) is 10.2 Å². The lowest BCUT2D eigenvalue weighted by atomic mass is 9.85. The summed E-state index contributed by atoms with van der Waals surface area (Å²) in [5.74, 6) is 0.448. The molecule has 0 unspecified atom stereocenters. The van der Waals surface area contributed by atoms with Gasteiger partial charge in [0.15, 0.2) is 0 Å². The van der Waals surface area contributed by atoms with Crippen molar-refractivity contribution < 1.29 is 0 Å². The van der Waals surface area contributed by atoms with Crippen LogP contribution in [0.15, 0.2) is 30.3 Å². The molecule has 0 fully saturated rings. The molecule has 0 aliphatic rings. The largest absolute Gasteiger partial charge is 0.382 e. The predicted molar refractivity (Wildman–Crippen MR) is 75.3 cm³/mol. The third-order valence-corrected chi connectivity index (χ3v) is 3.06. The van der Waals surface area contributed by atoms with Crippen molar-refractivity contribution >= 4 is 5.82 Å². The summed E-state index contributed by atoms with van der Waals surface area (Å²) in [6.45, 7) is 8.70. The molecular formula is C15H19N3. The van der Waals surface area contributed by atoms with Crippen LogP contribution in [0.2, 0.25) is 0 Å². The first-order valence-electron chi connectivity index (χ1n) is 6.08. The second kappa shape index (κ2) is 4.41. The molecule has 18 heavy (non-hydrogen) atoms. The van der Waals surface area contributed by atoms with Gasteiger partial charge in [0.1, 0.15) is 5.82 Å². The number of rotatable bonds is 1. The van der Waals surface area contributed by atoms with Crippen LogP contribution in [-0.4, -0.2) is 10.2 Å². The number of hydrogen-bond donors (Lipinski definition) is 1. The Hall–Kier alpha value is -1.90. The molecule has 94 valence electrons. The minimum absolute atomic E-state index is 0.129. The Morgan fingerprint density at radius 3 is 2.28 bits per heavy atom. The number of nitrogen functional groups attached to an aromatic ring is 1. The topological polar surface area (TPSA) is 51.8 Å². The average molecular weight is 241 g/mol. The van der Waals surface area contributed by atoms with Crippen LogP contribution in [0.3, 0.4) is 0 Å². The van der Waals surface area contributed by atoms with Crippen molar-refractivity contribution in [1.82, 2.24) is 10.2 Å². The van der Waals surface area contributed by atoms with E-state index in [1.54, 1.807) is 6.07 Å². The van der Waals surface area contributed by atoms with Crippen LogP contribution in [0, 0.1) is 6.92 Å². The van der Waals surface area contributed by atoms with E-state index in [2.05, 4.69) is 56.1 Å². The first kappa shape index (κ1) is 12.6. The maximum Gasteiger partial charge on any atom is 0.146 e. The smallest absolute Gasteiger partial charge is 0.146 e. The van der Waals surface area contributed by atoms with Crippen molar-refractivity contribution in [3.63, 3.8) is 0 Å². The molecule has 2 N–H and O–H groups in total. The number of anilines is 1. The number of aromatic nitrogens is 2.